The van der Waals surface area contributed by atoms with Gasteiger partial charge in [-0.15, -0.1) is 0 Å². The summed E-state index contributed by atoms with van der Waals surface area (Å²) in [5.74, 6) is 0.183. The molecular formula is C36H31F3N2O3. The summed E-state index contributed by atoms with van der Waals surface area (Å²) < 4.78 is 47.9. The minimum atomic E-state index is -4.61. The topological polar surface area (TPSA) is 62.7 Å². The number of alkyl halides is 3. The molecule has 8 heteroatoms. The van der Waals surface area contributed by atoms with Crippen LogP contribution in [0.4, 0.5) is 13.2 Å². The van der Waals surface area contributed by atoms with E-state index in [0.29, 0.717) is 22.4 Å². The molecule has 1 fully saturated rings. The summed E-state index contributed by atoms with van der Waals surface area (Å²) in [7, 11) is 0. The third-order valence-corrected chi connectivity index (χ3v) is 8.13. The first-order chi connectivity index (χ1) is 21.3. The number of carbonyl (C=O) groups excluding carboxylic acids is 1. The fraction of sp³-hybridized carbons (Fsp3) is 0.222. The summed E-state index contributed by atoms with van der Waals surface area (Å²) in [6, 6.07) is 27.9. The summed E-state index contributed by atoms with van der Waals surface area (Å²) >= 11 is 0. The Morgan fingerprint density at radius 2 is 1.68 bits per heavy atom. The van der Waals surface area contributed by atoms with Crippen LogP contribution < -0.4 is 4.74 Å². The summed E-state index contributed by atoms with van der Waals surface area (Å²) in [6.07, 6.45) is -1.26. The second-order valence-corrected chi connectivity index (χ2v) is 11.0. The van der Waals surface area contributed by atoms with E-state index in [1.54, 1.807) is 60.7 Å². The number of benzene rings is 4. The number of ether oxygens (including phenoxy) is 1. The van der Waals surface area contributed by atoms with Gasteiger partial charge in [0.05, 0.1) is 17.7 Å². The molecule has 4 aromatic carbocycles. The summed E-state index contributed by atoms with van der Waals surface area (Å²) in [6.45, 7) is 2.23. The number of hydrogen-bond acceptors (Lipinski definition) is 5. The van der Waals surface area contributed by atoms with Crippen LogP contribution in [0.3, 0.4) is 0 Å². The number of carbonyl (C=O) groups is 1. The van der Waals surface area contributed by atoms with Gasteiger partial charge in [0.25, 0.3) is 0 Å². The van der Waals surface area contributed by atoms with Gasteiger partial charge in [-0.2, -0.15) is 13.2 Å². The Morgan fingerprint density at radius 3 is 2.43 bits per heavy atom. The summed E-state index contributed by atoms with van der Waals surface area (Å²) in [4.78, 5) is 20.1. The molecule has 0 radical (unpaired) electrons. The number of aliphatic hydroxyl groups is 1. The van der Waals surface area contributed by atoms with Gasteiger partial charge in [-0.25, -0.2) is 0 Å². The Balaban J connectivity index is 1.30. The maximum atomic E-state index is 13.9. The van der Waals surface area contributed by atoms with E-state index in [1.807, 2.05) is 12.1 Å². The zero-order valence-corrected chi connectivity index (χ0v) is 23.9. The van der Waals surface area contributed by atoms with E-state index < -0.39 is 11.7 Å². The van der Waals surface area contributed by atoms with Crippen LogP contribution in [0.1, 0.15) is 45.5 Å². The number of ketones is 1. The van der Waals surface area contributed by atoms with Crippen LogP contribution in [0.15, 0.2) is 103 Å². The number of nitrogens with zero attached hydrogens (tertiary/aromatic N) is 2. The van der Waals surface area contributed by atoms with Gasteiger partial charge in [0, 0.05) is 40.9 Å². The van der Waals surface area contributed by atoms with Crippen molar-refractivity contribution in [3.05, 3.63) is 131 Å². The maximum Gasteiger partial charge on any atom is 0.418 e. The monoisotopic (exact) mass is 596 g/mol. The van der Waals surface area contributed by atoms with Crippen LogP contribution in [-0.4, -0.2) is 40.0 Å². The van der Waals surface area contributed by atoms with Crippen molar-refractivity contribution in [2.24, 2.45) is 0 Å². The van der Waals surface area contributed by atoms with Crippen molar-refractivity contribution < 1.29 is 27.8 Å². The van der Waals surface area contributed by atoms with Crippen molar-refractivity contribution in [3.63, 3.8) is 0 Å². The number of rotatable bonds is 9. The minimum Gasteiger partial charge on any atom is -0.489 e. The molecule has 1 aliphatic heterocycles. The van der Waals surface area contributed by atoms with Crippen LogP contribution in [-0.2, 0) is 19.3 Å². The van der Waals surface area contributed by atoms with E-state index in [0.717, 1.165) is 43.1 Å². The molecule has 224 valence electrons. The average molecular weight is 597 g/mol. The average Bonchev–Trinajstić information content (AvgIpc) is 3.50. The van der Waals surface area contributed by atoms with Crippen LogP contribution in [0.5, 0.6) is 5.75 Å². The van der Waals surface area contributed by atoms with Crippen molar-refractivity contribution in [1.29, 1.82) is 0 Å². The van der Waals surface area contributed by atoms with Crippen LogP contribution in [0.25, 0.3) is 22.0 Å². The standard InChI is InChI=1S/C36H31F3N2O3/c37-36(38,39)32-13-5-12-30-33(31(20-40-34(30)32)35(43)26-7-2-1-3-8-26)27-9-4-11-29(19-27)44-23-25-16-14-24(15-17-25)21-41-18-6-10-28(41)22-42/h1-5,7-9,11-17,19-20,28,42H,6,10,18,21-23H2. The molecule has 0 bridgehead atoms. The second-order valence-electron chi connectivity index (χ2n) is 11.0. The van der Waals surface area contributed by atoms with Crippen molar-refractivity contribution in [3.8, 4) is 16.9 Å². The van der Waals surface area contributed by atoms with Crippen molar-refractivity contribution >= 4 is 16.7 Å². The lowest BCUT2D eigenvalue weighted by molar-refractivity contribution is -0.136. The van der Waals surface area contributed by atoms with E-state index in [-0.39, 0.29) is 41.5 Å². The van der Waals surface area contributed by atoms with Crippen molar-refractivity contribution in [1.82, 2.24) is 9.88 Å². The zero-order chi connectivity index (χ0) is 30.7. The van der Waals surface area contributed by atoms with E-state index in [4.69, 9.17) is 4.74 Å². The zero-order valence-electron chi connectivity index (χ0n) is 23.9. The van der Waals surface area contributed by atoms with E-state index >= 15 is 0 Å². The van der Waals surface area contributed by atoms with Gasteiger partial charge in [-0.05, 0) is 54.3 Å². The molecule has 0 amide bonds. The number of hydrogen-bond donors (Lipinski definition) is 1. The largest absolute Gasteiger partial charge is 0.489 e. The highest BCUT2D eigenvalue weighted by Crippen LogP contribution is 2.39. The third-order valence-electron chi connectivity index (χ3n) is 8.13. The molecular weight excluding hydrogens is 565 g/mol. The first kappa shape index (κ1) is 29.5. The first-order valence-electron chi connectivity index (χ1n) is 14.6. The number of para-hydroxylation sites is 1. The van der Waals surface area contributed by atoms with Gasteiger partial charge < -0.3 is 9.84 Å². The molecule has 1 atom stereocenters. The number of halogens is 3. The molecule has 1 aliphatic rings. The highest BCUT2D eigenvalue weighted by Gasteiger charge is 2.34. The molecule has 44 heavy (non-hydrogen) atoms. The summed E-state index contributed by atoms with van der Waals surface area (Å²) in [5.41, 5.74) is 2.58. The van der Waals surface area contributed by atoms with Gasteiger partial charge in [0.1, 0.15) is 12.4 Å². The van der Waals surface area contributed by atoms with Crippen molar-refractivity contribution in [2.75, 3.05) is 13.2 Å². The number of pyridine rings is 1. The molecule has 1 unspecified atom stereocenters. The van der Waals surface area contributed by atoms with Crippen LogP contribution in [0, 0.1) is 0 Å². The second kappa shape index (κ2) is 12.6. The lowest BCUT2D eigenvalue weighted by Crippen LogP contribution is -2.31. The molecule has 1 N–H and O–H groups in total. The Morgan fingerprint density at radius 1 is 0.932 bits per heavy atom. The Kier molecular flexibility index (Phi) is 8.46. The molecule has 6 rings (SSSR count). The molecule has 5 aromatic rings. The number of likely N-dealkylation sites (tertiary alicyclic amines) is 1. The smallest absolute Gasteiger partial charge is 0.418 e. The molecule has 2 heterocycles. The highest BCUT2D eigenvalue weighted by atomic mass is 19.4. The van der Waals surface area contributed by atoms with Gasteiger partial charge >= 0.3 is 6.18 Å². The minimum absolute atomic E-state index is 0.172. The SMILES string of the molecule is O=C(c1ccccc1)c1cnc2c(C(F)(F)F)cccc2c1-c1cccc(OCc2ccc(CN3CCCC3CO)cc2)c1. The summed E-state index contributed by atoms with van der Waals surface area (Å²) in [5, 5.41) is 9.83. The molecule has 1 saturated heterocycles. The molecule has 5 nitrogen and oxygen atoms in total. The molecule has 0 saturated carbocycles. The van der Waals surface area contributed by atoms with E-state index in [2.05, 4.69) is 22.0 Å². The fourth-order valence-electron chi connectivity index (χ4n) is 5.87. The van der Waals surface area contributed by atoms with Gasteiger partial charge in [0.15, 0.2) is 5.78 Å². The molecule has 0 aliphatic carbocycles. The van der Waals surface area contributed by atoms with Crippen LogP contribution >= 0.6 is 0 Å². The number of aliphatic hydroxyl groups excluding tert-OH is 1. The van der Waals surface area contributed by atoms with Gasteiger partial charge in [-0.3, -0.25) is 14.7 Å². The molecule has 0 spiro atoms. The predicted molar refractivity (Wildman–Crippen MR) is 163 cm³/mol. The van der Waals surface area contributed by atoms with E-state index in [1.165, 1.54) is 12.3 Å². The number of fused-ring (bicyclic) bond motifs is 1. The quantitative estimate of drug-likeness (QED) is 0.177. The maximum absolute atomic E-state index is 13.9. The van der Waals surface area contributed by atoms with E-state index in [9.17, 15) is 23.1 Å². The lowest BCUT2D eigenvalue weighted by atomic mass is 9.91. The number of aromatic nitrogens is 1. The highest BCUT2D eigenvalue weighted by molar-refractivity contribution is 6.16. The Labute approximate surface area is 253 Å². The Hall–Kier alpha value is -4.53. The first-order valence-corrected chi connectivity index (χ1v) is 14.6. The Bertz CT molecular complexity index is 1770. The molecule has 1 aromatic heterocycles. The normalized spacial score (nSPS) is 15.5. The predicted octanol–water partition coefficient (Wildman–Crippen LogP) is 7.69. The third kappa shape index (κ3) is 6.23. The fourth-order valence-corrected chi connectivity index (χ4v) is 5.87. The van der Waals surface area contributed by atoms with Gasteiger partial charge in [-0.1, -0.05) is 78.9 Å². The van der Waals surface area contributed by atoms with Crippen molar-refractivity contribution in [2.45, 2.75) is 38.2 Å². The van der Waals surface area contributed by atoms with Crippen LogP contribution in [0.2, 0.25) is 0 Å². The van der Waals surface area contributed by atoms with Gasteiger partial charge in [0.2, 0.25) is 0 Å². The lowest BCUT2D eigenvalue weighted by Gasteiger charge is -2.22.